The Morgan fingerprint density at radius 1 is 1.29 bits per heavy atom. The fourth-order valence-corrected chi connectivity index (χ4v) is 3.02. The molecule has 24 heavy (non-hydrogen) atoms. The number of ether oxygens (including phenoxy) is 1. The van der Waals surface area contributed by atoms with Gasteiger partial charge in [-0.3, -0.25) is 4.79 Å². The summed E-state index contributed by atoms with van der Waals surface area (Å²) in [5, 5.41) is 0. The molecule has 0 N–H and O–H groups in total. The van der Waals surface area contributed by atoms with Gasteiger partial charge >= 0.3 is 5.97 Å². The Kier molecular flexibility index (Phi) is 4.29. The number of methoxy groups -OCH3 is 1. The van der Waals surface area contributed by atoms with E-state index in [0.717, 1.165) is 11.1 Å². The summed E-state index contributed by atoms with van der Waals surface area (Å²) in [7, 11) is 1.27. The van der Waals surface area contributed by atoms with Crippen LogP contribution in [0.2, 0.25) is 0 Å². The van der Waals surface area contributed by atoms with E-state index in [1.54, 1.807) is 17.0 Å². The molecule has 1 aromatic heterocycles. The Morgan fingerprint density at radius 3 is 2.83 bits per heavy atom. The number of rotatable bonds is 2. The number of nitrogens with zero attached hydrogens (tertiary/aromatic N) is 2. The van der Waals surface area contributed by atoms with Gasteiger partial charge in [0.05, 0.1) is 13.2 Å². The Balaban J connectivity index is 1.88. The second-order valence-electron chi connectivity index (χ2n) is 5.69. The molecule has 0 aliphatic carbocycles. The fraction of sp³-hybridized carbons (Fsp3) is 0.278. The summed E-state index contributed by atoms with van der Waals surface area (Å²) in [5.41, 5.74) is 2.34. The third-order valence-electron chi connectivity index (χ3n) is 4.31. The largest absolute Gasteiger partial charge is 0.464 e. The van der Waals surface area contributed by atoms with Crippen molar-refractivity contribution >= 4 is 11.9 Å². The van der Waals surface area contributed by atoms with Crippen molar-refractivity contribution in [3.63, 3.8) is 0 Å². The van der Waals surface area contributed by atoms with E-state index >= 15 is 0 Å². The number of pyridine rings is 1. The first-order chi connectivity index (χ1) is 11.5. The molecule has 124 valence electrons. The van der Waals surface area contributed by atoms with Gasteiger partial charge in [0, 0.05) is 18.3 Å². The summed E-state index contributed by atoms with van der Waals surface area (Å²) in [6, 6.07) is 7.49. The van der Waals surface area contributed by atoms with Gasteiger partial charge < -0.3 is 9.64 Å². The molecule has 0 radical (unpaired) electrons. The quantitative estimate of drug-likeness (QED) is 0.796. The molecule has 1 amide bonds. The van der Waals surface area contributed by atoms with Crippen molar-refractivity contribution in [3.8, 4) is 0 Å². The molecule has 0 saturated carbocycles. The number of halogens is 1. The first-order valence-electron chi connectivity index (χ1n) is 7.65. The number of carbonyl (C=O) groups is 2. The van der Waals surface area contributed by atoms with Gasteiger partial charge in [0.1, 0.15) is 11.5 Å². The average molecular weight is 328 g/mol. The molecule has 5 nitrogen and oxygen atoms in total. The van der Waals surface area contributed by atoms with Crippen molar-refractivity contribution < 1.29 is 18.7 Å². The Bertz CT molecular complexity index is 807. The van der Waals surface area contributed by atoms with Crippen molar-refractivity contribution in [1.82, 2.24) is 9.88 Å². The van der Waals surface area contributed by atoms with Gasteiger partial charge in [0.25, 0.3) is 5.91 Å². The number of aromatic nitrogens is 1. The average Bonchev–Trinajstić information content (AvgIpc) is 2.60. The van der Waals surface area contributed by atoms with Crippen LogP contribution in [0, 0.1) is 5.82 Å². The highest BCUT2D eigenvalue weighted by atomic mass is 19.1. The van der Waals surface area contributed by atoms with Crippen molar-refractivity contribution in [3.05, 3.63) is 64.7 Å². The highest BCUT2D eigenvalue weighted by Gasteiger charge is 2.29. The minimum absolute atomic E-state index is 0.0930. The van der Waals surface area contributed by atoms with Gasteiger partial charge in [0.2, 0.25) is 0 Å². The third kappa shape index (κ3) is 2.87. The molecular formula is C18H17FN2O3. The standard InChI is InChI=1S/C18H17FN2O3/c1-11-15-4-3-14(19)9-12(15)6-8-21(11)17(22)13-5-7-20-16(10-13)18(23)24-2/h3-5,7,9-11H,6,8H2,1-2H3/t11-/m1/s1. The molecule has 2 heterocycles. The molecule has 3 rings (SSSR count). The number of esters is 1. The zero-order chi connectivity index (χ0) is 17.3. The van der Waals surface area contributed by atoms with Crippen molar-refractivity contribution in [1.29, 1.82) is 0 Å². The van der Waals surface area contributed by atoms with Crippen LogP contribution in [-0.2, 0) is 11.2 Å². The van der Waals surface area contributed by atoms with Gasteiger partial charge in [-0.15, -0.1) is 0 Å². The van der Waals surface area contributed by atoms with E-state index < -0.39 is 5.97 Å². The summed E-state index contributed by atoms with van der Waals surface area (Å²) in [6.07, 6.45) is 2.01. The monoisotopic (exact) mass is 328 g/mol. The minimum Gasteiger partial charge on any atom is -0.464 e. The van der Waals surface area contributed by atoms with Crippen LogP contribution in [0.3, 0.4) is 0 Å². The first kappa shape index (κ1) is 16.1. The summed E-state index contributed by atoms with van der Waals surface area (Å²) in [4.78, 5) is 30.0. The Hall–Kier alpha value is -2.76. The van der Waals surface area contributed by atoms with E-state index in [1.165, 1.54) is 31.5 Å². The van der Waals surface area contributed by atoms with Crippen molar-refractivity contribution in [2.45, 2.75) is 19.4 Å². The zero-order valence-electron chi connectivity index (χ0n) is 13.5. The summed E-state index contributed by atoms with van der Waals surface area (Å²) < 4.78 is 18.0. The number of fused-ring (bicyclic) bond motifs is 1. The lowest BCUT2D eigenvalue weighted by Crippen LogP contribution is -2.39. The molecule has 1 aliphatic rings. The molecule has 0 fully saturated rings. The molecular weight excluding hydrogens is 311 g/mol. The fourth-order valence-electron chi connectivity index (χ4n) is 3.02. The van der Waals surface area contributed by atoms with Gasteiger partial charge in [-0.05, 0) is 48.7 Å². The van der Waals surface area contributed by atoms with Crippen LogP contribution in [0.15, 0.2) is 36.5 Å². The number of benzene rings is 1. The smallest absolute Gasteiger partial charge is 0.356 e. The molecule has 1 atom stereocenters. The molecule has 6 heteroatoms. The van der Waals surface area contributed by atoms with E-state index in [-0.39, 0.29) is 23.5 Å². The lowest BCUT2D eigenvalue weighted by molar-refractivity contribution is 0.0594. The van der Waals surface area contributed by atoms with E-state index in [4.69, 9.17) is 0 Å². The molecule has 0 bridgehead atoms. The van der Waals surface area contributed by atoms with Gasteiger partial charge in [-0.2, -0.15) is 0 Å². The lowest BCUT2D eigenvalue weighted by Gasteiger charge is -2.35. The van der Waals surface area contributed by atoms with E-state index in [2.05, 4.69) is 9.72 Å². The summed E-state index contributed by atoms with van der Waals surface area (Å²) in [6.45, 7) is 2.41. The van der Waals surface area contributed by atoms with Gasteiger partial charge in [0.15, 0.2) is 0 Å². The van der Waals surface area contributed by atoms with Crippen LogP contribution in [-0.4, -0.2) is 35.4 Å². The third-order valence-corrected chi connectivity index (χ3v) is 4.31. The molecule has 1 aliphatic heterocycles. The van der Waals surface area contributed by atoms with Crippen molar-refractivity contribution in [2.24, 2.45) is 0 Å². The van der Waals surface area contributed by atoms with Crippen LogP contribution < -0.4 is 0 Å². The van der Waals surface area contributed by atoms with Crippen LogP contribution in [0.1, 0.15) is 44.9 Å². The van der Waals surface area contributed by atoms with E-state index in [9.17, 15) is 14.0 Å². The van der Waals surface area contributed by atoms with Crippen LogP contribution in [0.5, 0.6) is 0 Å². The number of amides is 1. The van der Waals surface area contributed by atoms with Crippen LogP contribution in [0.25, 0.3) is 0 Å². The van der Waals surface area contributed by atoms with Gasteiger partial charge in [-0.1, -0.05) is 6.07 Å². The highest BCUT2D eigenvalue weighted by molar-refractivity contribution is 5.97. The molecule has 0 unspecified atom stereocenters. The minimum atomic E-state index is -0.586. The second kappa shape index (κ2) is 6.39. The van der Waals surface area contributed by atoms with E-state index in [0.29, 0.717) is 18.5 Å². The normalized spacial score (nSPS) is 16.5. The highest BCUT2D eigenvalue weighted by Crippen LogP contribution is 2.31. The zero-order valence-corrected chi connectivity index (χ0v) is 13.5. The lowest BCUT2D eigenvalue weighted by atomic mass is 9.93. The van der Waals surface area contributed by atoms with Crippen molar-refractivity contribution in [2.75, 3.05) is 13.7 Å². The second-order valence-corrected chi connectivity index (χ2v) is 5.69. The van der Waals surface area contributed by atoms with Crippen LogP contribution >= 0.6 is 0 Å². The number of hydrogen-bond donors (Lipinski definition) is 0. The summed E-state index contributed by atoms with van der Waals surface area (Å²) >= 11 is 0. The maximum atomic E-state index is 13.4. The molecule has 0 saturated heterocycles. The van der Waals surface area contributed by atoms with Crippen LogP contribution in [0.4, 0.5) is 4.39 Å². The predicted octanol–water partition coefficient (Wildman–Crippen LogP) is 2.77. The van der Waals surface area contributed by atoms with E-state index in [1.807, 2.05) is 6.92 Å². The first-order valence-corrected chi connectivity index (χ1v) is 7.65. The topological polar surface area (TPSA) is 59.5 Å². The Morgan fingerprint density at radius 2 is 2.08 bits per heavy atom. The number of hydrogen-bond acceptors (Lipinski definition) is 4. The summed E-state index contributed by atoms with van der Waals surface area (Å²) in [5.74, 6) is -1.04. The maximum absolute atomic E-state index is 13.4. The molecule has 0 spiro atoms. The number of carbonyl (C=O) groups excluding carboxylic acids is 2. The van der Waals surface area contributed by atoms with Gasteiger partial charge in [-0.25, -0.2) is 14.2 Å². The molecule has 1 aromatic carbocycles. The predicted molar refractivity (Wildman–Crippen MR) is 85.1 cm³/mol. The molecule has 2 aromatic rings. The SMILES string of the molecule is COC(=O)c1cc(C(=O)N2CCc3cc(F)ccc3[C@H]2C)ccn1. The Labute approximate surface area is 139 Å². The maximum Gasteiger partial charge on any atom is 0.356 e.